The van der Waals surface area contributed by atoms with Crippen molar-refractivity contribution in [1.29, 1.82) is 0 Å². The summed E-state index contributed by atoms with van der Waals surface area (Å²) in [6, 6.07) is 9.00. The Kier molecular flexibility index (Phi) is 22.2. The average Bonchev–Trinajstić information content (AvgIpc) is 2.94. The molecule has 2 atom stereocenters. The summed E-state index contributed by atoms with van der Waals surface area (Å²) in [6.45, 7) is 2.39. The van der Waals surface area contributed by atoms with Crippen molar-refractivity contribution in [3.05, 3.63) is 35.9 Å². The predicted octanol–water partition coefficient (Wildman–Crippen LogP) is 8.75. The number of hydrogen-bond donors (Lipinski definition) is 1. The highest BCUT2D eigenvalue weighted by Crippen LogP contribution is 2.44. The van der Waals surface area contributed by atoms with Crippen LogP contribution in [0.5, 0.6) is 0 Å². The molecule has 0 bridgehead atoms. The van der Waals surface area contributed by atoms with Gasteiger partial charge in [0.1, 0.15) is 0 Å². The Balaban J connectivity index is 2.05. The molecule has 226 valence electrons. The highest BCUT2D eigenvalue weighted by atomic mass is 31.2. The Bertz CT molecular complexity index is 746. The van der Waals surface area contributed by atoms with Crippen LogP contribution >= 0.6 is 7.82 Å². The number of benzene rings is 1. The van der Waals surface area contributed by atoms with Crippen LogP contribution in [-0.2, 0) is 34.4 Å². The lowest BCUT2D eigenvalue weighted by atomic mass is 10.0. The standard InChI is InChI=1S/C30H53O8P/c1-3-4-5-6-7-8-9-10-11-12-13-14-15-16-17-21-24-35-26-29(38-30(31)34-2)27-37-39(32,33)36-25-28-22-19-18-20-23-28/h18-20,22-23,29H,3-17,21,24-27H2,1-2H3,(H,32,33). The van der Waals surface area contributed by atoms with Gasteiger partial charge >= 0.3 is 14.0 Å². The molecule has 1 aromatic carbocycles. The van der Waals surface area contributed by atoms with Crippen LogP contribution in [0.25, 0.3) is 0 Å². The van der Waals surface area contributed by atoms with Gasteiger partial charge in [-0.2, -0.15) is 0 Å². The summed E-state index contributed by atoms with van der Waals surface area (Å²) >= 11 is 0. The Labute approximate surface area is 236 Å². The second kappa shape index (κ2) is 24.4. The first kappa shape index (κ1) is 35.6. The lowest BCUT2D eigenvalue weighted by Gasteiger charge is -2.19. The van der Waals surface area contributed by atoms with E-state index in [0.29, 0.717) is 6.61 Å². The molecule has 0 aliphatic heterocycles. The molecule has 0 aliphatic rings. The van der Waals surface area contributed by atoms with Crippen LogP contribution < -0.4 is 0 Å². The van der Waals surface area contributed by atoms with E-state index in [0.717, 1.165) is 18.4 Å². The topological polar surface area (TPSA) is 101 Å². The molecule has 0 saturated heterocycles. The van der Waals surface area contributed by atoms with Crippen molar-refractivity contribution in [2.24, 2.45) is 0 Å². The van der Waals surface area contributed by atoms with Gasteiger partial charge in [0, 0.05) is 6.61 Å². The number of rotatable bonds is 26. The van der Waals surface area contributed by atoms with Crippen LogP contribution in [0.4, 0.5) is 4.79 Å². The Hall–Kier alpha value is -1.44. The summed E-state index contributed by atoms with van der Waals surface area (Å²) in [5, 5.41) is 0. The molecule has 8 nitrogen and oxygen atoms in total. The molecule has 0 amide bonds. The van der Waals surface area contributed by atoms with E-state index in [1.807, 2.05) is 6.07 Å². The Morgan fingerprint density at radius 2 is 1.28 bits per heavy atom. The molecule has 1 N–H and O–H groups in total. The van der Waals surface area contributed by atoms with Gasteiger partial charge in [-0.05, 0) is 12.0 Å². The van der Waals surface area contributed by atoms with Gasteiger partial charge in [0.25, 0.3) is 0 Å². The molecule has 39 heavy (non-hydrogen) atoms. The molecular formula is C30H53O8P. The Morgan fingerprint density at radius 3 is 1.79 bits per heavy atom. The number of unbranched alkanes of at least 4 members (excludes halogenated alkanes) is 15. The van der Waals surface area contributed by atoms with Gasteiger partial charge < -0.3 is 19.1 Å². The van der Waals surface area contributed by atoms with E-state index in [2.05, 4.69) is 11.7 Å². The minimum absolute atomic E-state index is 0.0343. The first-order valence-electron chi connectivity index (χ1n) is 14.9. The highest BCUT2D eigenvalue weighted by Gasteiger charge is 2.25. The predicted molar refractivity (Wildman–Crippen MR) is 155 cm³/mol. The van der Waals surface area contributed by atoms with Crippen molar-refractivity contribution in [1.82, 2.24) is 0 Å². The molecule has 2 unspecified atom stereocenters. The van der Waals surface area contributed by atoms with Gasteiger partial charge in [-0.15, -0.1) is 0 Å². The monoisotopic (exact) mass is 572 g/mol. The van der Waals surface area contributed by atoms with Crippen LogP contribution in [0.2, 0.25) is 0 Å². The second-order valence-electron chi connectivity index (χ2n) is 10.1. The Morgan fingerprint density at radius 1 is 0.769 bits per heavy atom. The van der Waals surface area contributed by atoms with Crippen LogP contribution in [0, 0.1) is 0 Å². The smallest absolute Gasteiger partial charge is 0.438 e. The fraction of sp³-hybridized carbons (Fsp3) is 0.767. The number of ether oxygens (including phenoxy) is 3. The van der Waals surface area contributed by atoms with Crippen LogP contribution in [-0.4, -0.2) is 44.1 Å². The maximum atomic E-state index is 12.2. The molecular weight excluding hydrogens is 519 g/mol. The van der Waals surface area contributed by atoms with E-state index in [-0.39, 0.29) is 19.8 Å². The van der Waals surface area contributed by atoms with Crippen molar-refractivity contribution < 1.29 is 37.5 Å². The van der Waals surface area contributed by atoms with E-state index in [1.165, 1.54) is 97.0 Å². The second-order valence-corrected chi connectivity index (χ2v) is 11.5. The van der Waals surface area contributed by atoms with E-state index in [9.17, 15) is 14.3 Å². The number of phosphoric ester groups is 1. The summed E-state index contributed by atoms with van der Waals surface area (Å²) in [5.74, 6) is 0. The third-order valence-corrected chi connectivity index (χ3v) is 7.47. The number of phosphoric acid groups is 1. The largest absolute Gasteiger partial charge is 0.508 e. The van der Waals surface area contributed by atoms with Gasteiger partial charge in [0.15, 0.2) is 6.10 Å². The molecule has 0 saturated carbocycles. The van der Waals surface area contributed by atoms with Crippen LogP contribution in [0.1, 0.15) is 115 Å². The summed E-state index contributed by atoms with van der Waals surface area (Å²) < 4.78 is 37.5. The van der Waals surface area contributed by atoms with Gasteiger partial charge in [-0.25, -0.2) is 9.36 Å². The first-order chi connectivity index (χ1) is 19.0. The van der Waals surface area contributed by atoms with Crippen molar-refractivity contribution in [3.63, 3.8) is 0 Å². The van der Waals surface area contributed by atoms with Crippen molar-refractivity contribution in [2.75, 3.05) is 26.9 Å². The third-order valence-electron chi connectivity index (χ3n) is 6.54. The molecule has 0 aromatic heterocycles. The molecule has 0 spiro atoms. The van der Waals surface area contributed by atoms with Crippen molar-refractivity contribution in [3.8, 4) is 0 Å². The van der Waals surface area contributed by atoms with Gasteiger partial charge in [-0.3, -0.25) is 9.05 Å². The zero-order valence-electron chi connectivity index (χ0n) is 24.4. The van der Waals surface area contributed by atoms with Gasteiger partial charge in [-0.1, -0.05) is 134 Å². The molecule has 1 aromatic rings. The average molecular weight is 573 g/mol. The number of carbonyl (C=O) groups excluding carboxylic acids is 1. The maximum absolute atomic E-state index is 12.2. The van der Waals surface area contributed by atoms with Gasteiger partial charge in [0.05, 0.1) is 26.9 Å². The quantitative estimate of drug-likeness (QED) is 0.0668. The number of hydrogen-bond acceptors (Lipinski definition) is 7. The number of carbonyl (C=O) groups is 1. The summed E-state index contributed by atoms with van der Waals surface area (Å²) in [5.41, 5.74) is 0.736. The van der Waals surface area contributed by atoms with Crippen LogP contribution in [0.3, 0.4) is 0 Å². The molecule has 0 fully saturated rings. The van der Waals surface area contributed by atoms with E-state index < -0.39 is 20.1 Å². The molecule has 1 rings (SSSR count). The molecule has 0 heterocycles. The number of methoxy groups -OCH3 is 1. The minimum Gasteiger partial charge on any atom is -0.438 e. The fourth-order valence-corrected chi connectivity index (χ4v) is 4.95. The zero-order chi connectivity index (χ0) is 28.4. The highest BCUT2D eigenvalue weighted by molar-refractivity contribution is 7.47. The van der Waals surface area contributed by atoms with E-state index in [1.54, 1.807) is 24.3 Å². The minimum atomic E-state index is -4.33. The molecule has 0 radical (unpaired) electrons. The third kappa shape index (κ3) is 22.0. The normalized spacial score (nSPS) is 13.6. The summed E-state index contributed by atoms with van der Waals surface area (Å²) in [7, 11) is -3.14. The lowest BCUT2D eigenvalue weighted by molar-refractivity contribution is -0.0324. The zero-order valence-corrected chi connectivity index (χ0v) is 25.3. The van der Waals surface area contributed by atoms with E-state index in [4.69, 9.17) is 18.5 Å². The van der Waals surface area contributed by atoms with Crippen LogP contribution in [0.15, 0.2) is 30.3 Å². The van der Waals surface area contributed by atoms with Crippen molar-refractivity contribution >= 4 is 14.0 Å². The lowest BCUT2D eigenvalue weighted by Crippen LogP contribution is -2.28. The van der Waals surface area contributed by atoms with Gasteiger partial charge in [0.2, 0.25) is 0 Å². The maximum Gasteiger partial charge on any atom is 0.508 e. The van der Waals surface area contributed by atoms with E-state index >= 15 is 0 Å². The molecule has 9 heteroatoms. The SMILES string of the molecule is CCCCCCCCCCCCCCCCCCOCC(COP(=O)(O)OCc1ccccc1)OC(=O)OC. The first-order valence-corrected chi connectivity index (χ1v) is 16.4. The summed E-state index contributed by atoms with van der Waals surface area (Å²) in [6.07, 6.45) is 19.0. The van der Waals surface area contributed by atoms with Crippen molar-refractivity contribution in [2.45, 2.75) is 122 Å². The summed E-state index contributed by atoms with van der Waals surface area (Å²) in [4.78, 5) is 21.5. The molecule has 0 aliphatic carbocycles. The fourth-order valence-electron chi connectivity index (χ4n) is 4.21.